The molecule has 1 aromatic heterocycles. The molecule has 0 saturated carbocycles. The van der Waals surface area contributed by atoms with Gasteiger partial charge in [-0.3, -0.25) is 9.48 Å². The molecule has 1 unspecified atom stereocenters. The second kappa shape index (κ2) is 9.88. The van der Waals surface area contributed by atoms with E-state index in [1.807, 2.05) is 42.1 Å². The summed E-state index contributed by atoms with van der Waals surface area (Å²) in [6, 6.07) is 10.7. The maximum atomic E-state index is 13.0. The number of rotatable bonds is 9. The standard InChI is InChI=1S/C23H27N3O5/c1-15(16-7-8-19(28-2)17(11-16)14-26-10-6-9-24-26)25-23(27)18-12-21(30-4)22(31-5)13-20(18)29-3/h6-13,15H,14H2,1-5H3,(H,25,27). The van der Waals surface area contributed by atoms with Crippen molar-refractivity contribution in [1.29, 1.82) is 0 Å². The van der Waals surface area contributed by atoms with E-state index >= 15 is 0 Å². The fourth-order valence-electron chi connectivity index (χ4n) is 3.32. The van der Waals surface area contributed by atoms with E-state index in [1.54, 1.807) is 25.4 Å². The molecule has 3 aromatic rings. The number of aromatic nitrogens is 2. The Morgan fingerprint density at radius 2 is 1.65 bits per heavy atom. The lowest BCUT2D eigenvalue weighted by Gasteiger charge is -2.19. The van der Waals surface area contributed by atoms with E-state index < -0.39 is 0 Å². The Labute approximate surface area is 181 Å². The van der Waals surface area contributed by atoms with Crippen LogP contribution in [-0.4, -0.2) is 44.1 Å². The molecule has 0 fully saturated rings. The molecule has 0 spiro atoms. The summed E-state index contributed by atoms with van der Waals surface area (Å²) >= 11 is 0. The van der Waals surface area contributed by atoms with Crippen LogP contribution in [0.5, 0.6) is 23.0 Å². The van der Waals surface area contributed by atoms with Crippen LogP contribution in [0.3, 0.4) is 0 Å². The summed E-state index contributed by atoms with van der Waals surface area (Å²) in [5.74, 6) is 1.82. The molecule has 0 aliphatic rings. The van der Waals surface area contributed by atoms with Gasteiger partial charge in [-0.05, 0) is 30.7 Å². The first-order chi connectivity index (χ1) is 15.0. The predicted octanol–water partition coefficient (Wildman–Crippen LogP) is 3.46. The number of ether oxygens (including phenoxy) is 4. The van der Waals surface area contributed by atoms with Crippen molar-refractivity contribution in [2.24, 2.45) is 0 Å². The minimum Gasteiger partial charge on any atom is -0.496 e. The highest BCUT2D eigenvalue weighted by molar-refractivity contribution is 5.98. The summed E-state index contributed by atoms with van der Waals surface area (Å²) in [7, 11) is 6.19. The molecular weight excluding hydrogens is 398 g/mol. The molecule has 0 aliphatic carbocycles. The first kappa shape index (κ1) is 22.0. The van der Waals surface area contributed by atoms with Crippen molar-refractivity contribution >= 4 is 5.91 Å². The number of amides is 1. The van der Waals surface area contributed by atoms with Crippen molar-refractivity contribution in [1.82, 2.24) is 15.1 Å². The lowest BCUT2D eigenvalue weighted by atomic mass is 10.0. The lowest BCUT2D eigenvalue weighted by molar-refractivity contribution is 0.0936. The molecule has 164 valence electrons. The number of benzene rings is 2. The van der Waals surface area contributed by atoms with E-state index in [9.17, 15) is 4.79 Å². The Kier molecular flexibility index (Phi) is 7.02. The highest BCUT2D eigenvalue weighted by atomic mass is 16.5. The second-order valence-corrected chi connectivity index (χ2v) is 6.88. The average Bonchev–Trinajstić information content (AvgIpc) is 3.30. The van der Waals surface area contributed by atoms with Crippen LogP contribution in [0.4, 0.5) is 0 Å². The van der Waals surface area contributed by atoms with Gasteiger partial charge < -0.3 is 24.3 Å². The van der Waals surface area contributed by atoms with Crippen molar-refractivity contribution in [3.8, 4) is 23.0 Å². The minimum absolute atomic E-state index is 0.257. The highest BCUT2D eigenvalue weighted by Crippen LogP contribution is 2.35. The number of hydrogen-bond donors (Lipinski definition) is 1. The van der Waals surface area contributed by atoms with Gasteiger partial charge in [0.15, 0.2) is 11.5 Å². The van der Waals surface area contributed by atoms with Crippen LogP contribution in [-0.2, 0) is 6.54 Å². The Morgan fingerprint density at radius 1 is 0.968 bits per heavy atom. The predicted molar refractivity (Wildman–Crippen MR) is 116 cm³/mol. The Bertz CT molecular complexity index is 1030. The molecule has 8 nitrogen and oxygen atoms in total. The largest absolute Gasteiger partial charge is 0.496 e. The zero-order valence-electron chi connectivity index (χ0n) is 18.3. The van der Waals surface area contributed by atoms with Gasteiger partial charge in [0.2, 0.25) is 0 Å². The van der Waals surface area contributed by atoms with Gasteiger partial charge >= 0.3 is 0 Å². The van der Waals surface area contributed by atoms with Crippen molar-refractivity contribution in [3.05, 3.63) is 65.5 Å². The van der Waals surface area contributed by atoms with Crippen LogP contribution in [0.1, 0.15) is 34.5 Å². The maximum absolute atomic E-state index is 13.0. The fraction of sp³-hybridized carbons (Fsp3) is 0.304. The van der Waals surface area contributed by atoms with Crippen LogP contribution < -0.4 is 24.3 Å². The molecule has 0 aliphatic heterocycles. The third-order valence-corrected chi connectivity index (χ3v) is 4.99. The zero-order valence-corrected chi connectivity index (χ0v) is 18.3. The zero-order chi connectivity index (χ0) is 22.4. The van der Waals surface area contributed by atoms with E-state index in [2.05, 4.69) is 10.4 Å². The monoisotopic (exact) mass is 425 g/mol. The highest BCUT2D eigenvalue weighted by Gasteiger charge is 2.20. The first-order valence-corrected chi connectivity index (χ1v) is 9.75. The SMILES string of the molecule is COc1ccc(C(C)NC(=O)c2cc(OC)c(OC)cc2OC)cc1Cn1cccn1. The fourth-order valence-corrected chi connectivity index (χ4v) is 3.32. The molecule has 1 heterocycles. The van der Waals surface area contributed by atoms with Crippen molar-refractivity contribution in [2.75, 3.05) is 28.4 Å². The second-order valence-electron chi connectivity index (χ2n) is 6.88. The van der Waals surface area contributed by atoms with Gasteiger partial charge in [-0.15, -0.1) is 0 Å². The van der Waals surface area contributed by atoms with Crippen LogP contribution in [0.15, 0.2) is 48.8 Å². The van der Waals surface area contributed by atoms with Crippen LogP contribution in [0, 0.1) is 0 Å². The number of methoxy groups -OCH3 is 4. The smallest absolute Gasteiger partial charge is 0.255 e. The molecule has 3 rings (SSSR count). The molecular formula is C23H27N3O5. The average molecular weight is 425 g/mol. The van der Waals surface area contributed by atoms with Gasteiger partial charge in [0, 0.05) is 30.1 Å². The quantitative estimate of drug-likeness (QED) is 0.565. The minimum atomic E-state index is -0.283. The third-order valence-electron chi connectivity index (χ3n) is 4.99. The number of nitrogens with zero attached hydrogens (tertiary/aromatic N) is 2. The number of nitrogens with one attached hydrogen (secondary N) is 1. The molecule has 0 bridgehead atoms. The normalized spacial score (nSPS) is 11.5. The summed E-state index contributed by atoms with van der Waals surface area (Å²) in [6.45, 7) is 2.48. The van der Waals surface area contributed by atoms with Gasteiger partial charge in [-0.1, -0.05) is 6.07 Å². The van der Waals surface area contributed by atoms with Crippen molar-refractivity contribution in [2.45, 2.75) is 19.5 Å². The molecule has 1 atom stereocenters. The van der Waals surface area contributed by atoms with Crippen LogP contribution >= 0.6 is 0 Å². The maximum Gasteiger partial charge on any atom is 0.255 e. The van der Waals surface area contributed by atoms with E-state index in [0.29, 0.717) is 29.4 Å². The van der Waals surface area contributed by atoms with Gasteiger partial charge in [0.05, 0.1) is 46.6 Å². The number of hydrogen-bond acceptors (Lipinski definition) is 6. The van der Waals surface area contributed by atoms with Gasteiger partial charge in [-0.25, -0.2) is 0 Å². The third kappa shape index (κ3) is 4.91. The summed E-state index contributed by atoms with van der Waals surface area (Å²) in [5.41, 5.74) is 2.27. The first-order valence-electron chi connectivity index (χ1n) is 9.75. The summed E-state index contributed by atoms with van der Waals surface area (Å²) in [4.78, 5) is 13.0. The van der Waals surface area contributed by atoms with E-state index in [-0.39, 0.29) is 11.9 Å². The summed E-state index contributed by atoms with van der Waals surface area (Å²) in [5, 5.41) is 7.28. The lowest BCUT2D eigenvalue weighted by Crippen LogP contribution is -2.27. The molecule has 1 amide bonds. The molecule has 1 N–H and O–H groups in total. The van der Waals surface area contributed by atoms with E-state index in [0.717, 1.165) is 16.9 Å². The summed E-state index contributed by atoms with van der Waals surface area (Å²) in [6.07, 6.45) is 3.62. The molecule has 0 radical (unpaired) electrons. The van der Waals surface area contributed by atoms with Gasteiger partial charge in [0.1, 0.15) is 11.5 Å². The molecule has 31 heavy (non-hydrogen) atoms. The molecule has 0 saturated heterocycles. The Balaban J connectivity index is 1.84. The number of carbonyl (C=O) groups is 1. The topological polar surface area (TPSA) is 83.8 Å². The van der Waals surface area contributed by atoms with Crippen LogP contribution in [0.2, 0.25) is 0 Å². The van der Waals surface area contributed by atoms with E-state index in [1.165, 1.54) is 21.3 Å². The Hall–Kier alpha value is -3.68. The van der Waals surface area contributed by atoms with Crippen molar-refractivity contribution in [3.63, 3.8) is 0 Å². The Morgan fingerprint density at radius 3 is 2.26 bits per heavy atom. The molecule has 2 aromatic carbocycles. The molecule has 8 heteroatoms. The van der Waals surface area contributed by atoms with Crippen LogP contribution in [0.25, 0.3) is 0 Å². The summed E-state index contributed by atoms with van der Waals surface area (Å²) < 4.78 is 23.3. The van der Waals surface area contributed by atoms with Gasteiger partial charge in [-0.2, -0.15) is 5.10 Å². The van der Waals surface area contributed by atoms with Gasteiger partial charge in [0.25, 0.3) is 5.91 Å². The van der Waals surface area contributed by atoms with Crippen molar-refractivity contribution < 1.29 is 23.7 Å². The van der Waals surface area contributed by atoms with E-state index in [4.69, 9.17) is 18.9 Å². The number of carbonyl (C=O) groups excluding carboxylic acids is 1.